The van der Waals surface area contributed by atoms with Gasteiger partial charge in [0.2, 0.25) is 0 Å². The van der Waals surface area contributed by atoms with Crippen LogP contribution in [0.5, 0.6) is 0 Å². The van der Waals surface area contributed by atoms with Crippen LogP contribution in [0.2, 0.25) is 5.02 Å². The van der Waals surface area contributed by atoms with Crippen molar-refractivity contribution in [2.45, 2.75) is 19.5 Å². The lowest BCUT2D eigenvalue weighted by Gasteiger charge is -2.26. The fourth-order valence-electron chi connectivity index (χ4n) is 3.68. The smallest absolute Gasteiger partial charge is 0.129 e. The molecular weight excluding hydrogens is 417 g/mol. The van der Waals surface area contributed by atoms with E-state index in [4.69, 9.17) is 16.3 Å². The van der Waals surface area contributed by atoms with Gasteiger partial charge >= 0.3 is 0 Å². The first-order valence-electron chi connectivity index (χ1n) is 10.6. The molecule has 1 N–H and O–H groups in total. The Morgan fingerprint density at radius 2 is 1.84 bits per heavy atom. The zero-order chi connectivity index (χ0) is 21.5. The predicted octanol–water partition coefficient (Wildman–Crippen LogP) is 3.60. The Balaban J connectivity index is 1.42. The molecule has 1 aliphatic rings. The average molecular weight is 444 g/mol. The van der Waals surface area contributed by atoms with Gasteiger partial charge in [0.1, 0.15) is 17.2 Å². The van der Waals surface area contributed by atoms with Crippen molar-refractivity contribution in [1.82, 2.24) is 25.2 Å². The Bertz CT molecular complexity index is 955. The summed E-state index contributed by atoms with van der Waals surface area (Å²) in [4.78, 5) is 3.95. The van der Waals surface area contributed by atoms with Gasteiger partial charge in [0, 0.05) is 35.8 Å². The Morgan fingerprint density at radius 1 is 1.03 bits per heavy atom. The second-order valence-corrected chi connectivity index (χ2v) is 7.98. The van der Waals surface area contributed by atoms with Crippen molar-refractivity contribution >= 4 is 11.6 Å². The molecule has 4 rings (SSSR count). The molecule has 6 nitrogen and oxygen atoms in total. The number of aromatic nitrogens is 3. The van der Waals surface area contributed by atoms with Crippen LogP contribution >= 0.6 is 11.6 Å². The summed E-state index contributed by atoms with van der Waals surface area (Å²) in [6.07, 6.45) is 1.06. The van der Waals surface area contributed by atoms with E-state index in [1.165, 1.54) is 10.9 Å². The van der Waals surface area contributed by atoms with Crippen LogP contribution in [0.15, 0.2) is 48.5 Å². The van der Waals surface area contributed by atoms with Crippen LogP contribution in [0.25, 0.3) is 11.3 Å². The fraction of sp³-hybridized carbons (Fsp3) is 0.391. The molecule has 0 aliphatic carbocycles. The van der Waals surface area contributed by atoms with Crippen molar-refractivity contribution in [2.24, 2.45) is 0 Å². The molecule has 8 heteroatoms. The van der Waals surface area contributed by atoms with Gasteiger partial charge in [0.15, 0.2) is 0 Å². The van der Waals surface area contributed by atoms with Gasteiger partial charge in [0.25, 0.3) is 0 Å². The maximum atomic E-state index is 14.2. The third-order valence-corrected chi connectivity index (χ3v) is 5.71. The lowest BCUT2D eigenvalue weighted by Crippen LogP contribution is -2.37. The second kappa shape index (κ2) is 10.8. The molecule has 0 spiro atoms. The summed E-state index contributed by atoms with van der Waals surface area (Å²) >= 11 is 6.19. The fourth-order valence-corrected chi connectivity index (χ4v) is 3.90. The highest BCUT2D eigenvalue weighted by molar-refractivity contribution is 6.31. The van der Waals surface area contributed by atoms with E-state index in [1.54, 1.807) is 12.1 Å². The molecule has 0 atom stereocenters. The Kier molecular flexibility index (Phi) is 7.64. The molecule has 1 fully saturated rings. The van der Waals surface area contributed by atoms with E-state index in [9.17, 15) is 4.39 Å². The van der Waals surface area contributed by atoms with Crippen LogP contribution in [0.3, 0.4) is 0 Å². The Labute approximate surface area is 187 Å². The van der Waals surface area contributed by atoms with E-state index < -0.39 is 0 Å². The van der Waals surface area contributed by atoms with Crippen molar-refractivity contribution in [1.29, 1.82) is 0 Å². The average Bonchev–Trinajstić information content (AvgIpc) is 3.20. The Morgan fingerprint density at radius 3 is 2.61 bits per heavy atom. The standard InChI is InChI=1S/C23H27ClFN5O/c24-20-8-4-9-21(25)19(20)17-30-27-22(23(28-30)18-6-2-1-3-7-18)16-26-10-5-11-29-12-14-31-15-13-29/h1-4,6-9,26H,5,10-17H2. The summed E-state index contributed by atoms with van der Waals surface area (Å²) < 4.78 is 19.6. The third-order valence-electron chi connectivity index (χ3n) is 5.36. The van der Waals surface area contributed by atoms with Gasteiger partial charge in [-0.25, -0.2) is 4.39 Å². The zero-order valence-electron chi connectivity index (χ0n) is 17.4. The van der Waals surface area contributed by atoms with Crippen molar-refractivity contribution in [2.75, 3.05) is 39.4 Å². The van der Waals surface area contributed by atoms with Gasteiger partial charge in [0.05, 0.1) is 19.8 Å². The lowest BCUT2D eigenvalue weighted by molar-refractivity contribution is 0.0374. The minimum Gasteiger partial charge on any atom is -0.379 e. The molecule has 0 bridgehead atoms. The maximum Gasteiger partial charge on any atom is 0.129 e. The molecule has 0 saturated carbocycles. The molecule has 164 valence electrons. The van der Waals surface area contributed by atoms with Crippen LogP contribution in [0, 0.1) is 5.82 Å². The predicted molar refractivity (Wildman–Crippen MR) is 120 cm³/mol. The van der Waals surface area contributed by atoms with E-state index in [0.717, 1.165) is 62.8 Å². The van der Waals surface area contributed by atoms with Crippen molar-refractivity contribution in [3.05, 3.63) is 70.6 Å². The molecule has 1 aliphatic heterocycles. The van der Waals surface area contributed by atoms with Crippen LogP contribution in [-0.2, 0) is 17.8 Å². The number of ether oxygens (including phenoxy) is 1. The van der Waals surface area contributed by atoms with Gasteiger partial charge in [-0.3, -0.25) is 4.90 Å². The van der Waals surface area contributed by atoms with Crippen molar-refractivity contribution < 1.29 is 9.13 Å². The summed E-state index contributed by atoms with van der Waals surface area (Å²) in [6.45, 7) is 6.38. The molecule has 0 unspecified atom stereocenters. The van der Waals surface area contributed by atoms with E-state index in [2.05, 4.69) is 20.4 Å². The summed E-state index contributed by atoms with van der Waals surface area (Å²) in [5.74, 6) is -0.353. The van der Waals surface area contributed by atoms with E-state index in [0.29, 0.717) is 17.1 Å². The van der Waals surface area contributed by atoms with Gasteiger partial charge in [-0.15, -0.1) is 0 Å². The molecule has 1 saturated heterocycles. The summed E-state index contributed by atoms with van der Waals surface area (Å²) in [6, 6.07) is 14.6. The summed E-state index contributed by atoms with van der Waals surface area (Å²) in [7, 11) is 0. The number of rotatable bonds is 9. The summed E-state index contributed by atoms with van der Waals surface area (Å²) in [5.41, 5.74) is 3.01. The number of nitrogens with zero attached hydrogens (tertiary/aromatic N) is 4. The highest BCUT2D eigenvalue weighted by atomic mass is 35.5. The van der Waals surface area contributed by atoms with Gasteiger partial charge in [-0.05, 0) is 31.6 Å². The van der Waals surface area contributed by atoms with Crippen LogP contribution in [0.4, 0.5) is 4.39 Å². The molecule has 0 amide bonds. The zero-order valence-corrected chi connectivity index (χ0v) is 18.2. The quantitative estimate of drug-likeness (QED) is 0.512. The molecule has 2 aromatic carbocycles. The topological polar surface area (TPSA) is 55.2 Å². The number of halogens is 2. The number of benzene rings is 2. The monoisotopic (exact) mass is 443 g/mol. The highest BCUT2D eigenvalue weighted by Gasteiger charge is 2.16. The SMILES string of the molecule is Fc1cccc(Cl)c1Cn1nc(CNCCCN2CCOCC2)c(-c2ccccc2)n1. The number of hydrogen-bond acceptors (Lipinski definition) is 5. The van der Waals surface area contributed by atoms with Crippen molar-refractivity contribution in [3.63, 3.8) is 0 Å². The van der Waals surface area contributed by atoms with E-state index >= 15 is 0 Å². The van der Waals surface area contributed by atoms with E-state index in [-0.39, 0.29) is 12.4 Å². The number of hydrogen-bond donors (Lipinski definition) is 1. The van der Waals surface area contributed by atoms with E-state index in [1.807, 2.05) is 30.3 Å². The largest absolute Gasteiger partial charge is 0.379 e. The van der Waals surface area contributed by atoms with Crippen molar-refractivity contribution in [3.8, 4) is 11.3 Å². The Hall–Kier alpha value is -2.32. The molecular formula is C23H27ClFN5O. The third kappa shape index (κ3) is 5.89. The molecule has 3 aromatic rings. The van der Waals surface area contributed by atoms with Gasteiger partial charge in [-0.1, -0.05) is 48.0 Å². The molecule has 1 aromatic heterocycles. The van der Waals surface area contributed by atoms with Gasteiger partial charge in [-0.2, -0.15) is 15.0 Å². The molecule has 2 heterocycles. The first-order chi connectivity index (χ1) is 15.2. The molecule has 31 heavy (non-hydrogen) atoms. The summed E-state index contributed by atoms with van der Waals surface area (Å²) in [5, 5.41) is 13.1. The number of morpholine rings is 1. The highest BCUT2D eigenvalue weighted by Crippen LogP contribution is 2.23. The minimum absolute atomic E-state index is 0.183. The number of nitrogens with one attached hydrogen (secondary N) is 1. The minimum atomic E-state index is -0.353. The maximum absolute atomic E-state index is 14.2. The normalized spacial score (nSPS) is 14.8. The second-order valence-electron chi connectivity index (χ2n) is 7.58. The first kappa shape index (κ1) is 21.9. The van der Waals surface area contributed by atoms with Gasteiger partial charge < -0.3 is 10.1 Å². The van der Waals surface area contributed by atoms with Crippen LogP contribution in [0.1, 0.15) is 17.7 Å². The molecule has 0 radical (unpaired) electrons. The lowest BCUT2D eigenvalue weighted by atomic mass is 10.1. The first-order valence-corrected chi connectivity index (χ1v) is 11.0. The van der Waals surface area contributed by atoms with Crippen LogP contribution in [-0.4, -0.2) is 59.3 Å². The van der Waals surface area contributed by atoms with Crippen LogP contribution < -0.4 is 5.32 Å².